The minimum atomic E-state index is -0.788. The largest absolute Gasteiger partial charge is 0.490 e. The quantitative estimate of drug-likeness (QED) is 0.249. The van der Waals surface area contributed by atoms with Crippen molar-refractivity contribution < 1.29 is 24.0 Å². The fourth-order valence-corrected chi connectivity index (χ4v) is 4.13. The van der Waals surface area contributed by atoms with Gasteiger partial charge in [-0.3, -0.25) is 19.7 Å². The Morgan fingerprint density at radius 1 is 1.03 bits per heavy atom. The van der Waals surface area contributed by atoms with Crippen LogP contribution in [0.2, 0.25) is 0 Å². The van der Waals surface area contributed by atoms with Gasteiger partial charge in [-0.15, -0.1) is 0 Å². The highest BCUT2D eigenvalue weighted by atomic mass is 16.6. The summed E-state index contributed by atoms with van der Waals surface area (Å²) < 4.78 is 10.8. The number of carbonyl (C=O) groups is 2. The number of rotatable bonds is 13. The Hall–Kier alpha value is -4.40. The van der Waals surface area contributed by atoms with Crippen LogP contribution in [0.25, 0.3) is 0 Å². The van der Waals surface area contributed by atoms with Crippen molar-refractivity contribution in [2.45, 2.75) is 52.2 Å². The molecule has 0 aliphatic rings. The molecule has 2 amide bonds. The van der Waals surface area contributed by atoms with Crippen molar-refractivity contribution in [3.05, 3.63) is 99.6 Å². The van der Waals surface area contributed by atoms with Crippen LogP contribution in [0.5, 0.6) is 11.5 Å². The zero-order valence-electron chi connectivity index (χ0n) is 22.8. The summed E-state index contributed by atoms with van der Waals surface area (Å²) in [6, 6.07) is 20.5. The molecule has 2 atom stereocenters. The number of nitro groups is 1. The van der Waals surface area contributed by atoms with Crippen LogP contribution in [0.15, 0.2) is 72.8 Å². The number of nitrogens with one attached hydrogen (secondary N) is 1. The molecule has 39 heavy (non-hydrogen) atoms. The summed E-state index contributed by atoms with van der Waals surface area (Å²) in [5, 5.41) is 14.3. The van der Waals surface area contributed by atoms with E-state index in [1.54, 1.807) is 4.90 Å². The third kappa shape index (κ3) is 8.29. The van der Waals surface area contributed by atoms with E-state index in [-0.39, 0.29) is 42.3 Å². The van der Waals surface area contributed by atoms with Crippen LogP contribution >= 0.6 is 0 Å². The Bertz CT molecular complexity index is 1280. The fourth-order valence-electron chi connectivity index (χ4n) is 4.13. The highest BCUT2D eigenvalue weighted by Gasteiger charge is 2.31. The molecule has 0 aliphatic carbocycles. The van der Waals surface area contributed by atoms with E-state index >= 15 is 0 Å². The lowest BCUT2D eigenvalue weighted by molar-refractivity contribution is -0.385. The van der Waals surface area contributed by atoms with E-state index in [1.165, 1.54) is 25.3 Å². The summed E-state index contributed by atoms with van der Waals surface area (Å²) in [5.74, 6) is -0.373. The topological polar surface area (TPSA) is 111 Å². The number of carbonyl (C=O) groups excluding carboxylic acids is 2. The second-order valence-corrected chi connectivity index (χ2v) is 9.41. The van der Waals surface area contributed by atoms with Crippen LogP contribution in [0.1, 0.15) is 37.0 Å². The lowest BCUT2D eigenvalue weighted by Crippen LogP contribution is -2.53. The highest BCUT2D eigenvalue weighted by molar-refractivity contribution is 5.88. The van der Waals surface area contributed by atoms with E-state index in [9.17, 15) is 19.7 Å². The van der Waals surface area contributed by atoms with Gasteiger partial charge in [0.2, 0.25) is 11.7 Å². The molecular weight excluding hydrogens is 498 g/mol. The maximum atomic E-state index is 13.7. The van der Waals surface area contributed by atoms with Gasteiger partial charge in [0.05, 0.1) is 12.0 Å². The third-order valence-corrected chi connectivity index (χ3v) is 6.42. The summed E-state index contributed by atoms with van der Waals surface area (Å²) in [4.78, 5) is 39.5. The molecule has 0 aromatic heterocycles. The van der Waals surface area contributed by atoms with Gasteiger partial charge in [0.1, 0.15) is 11.8 Å². The number of nitrogens with zero attached hydrogens (tertiary/aromatic N) is 2. The Kier molecular flexibility index (Phi) is 10.4. The zero-order valence-corrected chi connectivity index (χ0v) is 22.8. The van der Waals surface area contributed by atoms with Crippen LogP contribution in [0, 0.1) is 17.0 Å². The fraction of sp³-hybridized carbons (Fsp3) is 0.333. The third-order valence-electron chi connectivity index (χ3n) is 6.42. The van der Waals surface area contributed by atoms with E-state index in [1.807, 2.05) is 75.4 Å². The molecule has 1 N–H and O–H groups in total. The first kappa shape index (κ1) is 29.2. The van der Waals surface area contributed by atoms with Crippen LogP contribution < -0.4 is 14.8 Å². The Morgan fingerprint density at radius 2 is 1.74 bits per heavy atom. The van der Waals surface area contributed by atoms with Gasteiger partial charge < -0.3 is 19.7 Å². The first-order valence-corrected chi connectivity index (χ1v) is 12.9. The van der Waals surface area contributed by atoms with Crippen molar-refractivity contribution >= 4 is 17.5 Å². The molecule has 3 aromatic rings. The van der Waals surface area contributed by atoms with Crippen LogP contribution in [-0.2, 0) is 22.6 Å². The van der Waals surface area contributed by atoms with Crippen molar-refractivity contribution in [2.75, 3.05) is 13.7 Å². The van der Waals surface area contributed by atoms with Crippen LogP contribution in [0.3, 0.4) is 0 Å². The summed E-state index contributed by atoms with van der Waals surface area (Å²) >= 11 is 0. The summed E-state index contributed by atoms with van der Waals surface area (Å²) in [6.45, 7) is 5.72. The van der Waals surface area contributed by atoms with Gasteiger partial charge in [-0.05, 0) is 37.5 Å². The summed E-state index contributed by atoms with van der Waals surface area (Å²) in [6.07, 6.45) is 1.08. The number of amides is 2. The maximum absolute atomic E-state index is 13.7. The minimum absolute atomic E-state index is 0.0245. The number of methoxy groups -OCH3 is 1. The Morgan fingerprint density at radius 3 is 2.38 bits per heavy atom. The molecule has 0 heterocycles. The van der Waals surface area contributed by atoms with E-state index in [2.05, 4.69) is 5.32 Å². The molecule has 0 saturated heterocycles. The number of hydrogen-bond donors (Lipinski definition) is 1. The molecule has 0 unspecified atom stereocenters. The molecule has 3 rings (SSSR count). The van der Waals surface area contributed by atoms with Gasteiger partial charge >= 0.3 is 5.69 Å². The lowest BCUT2D eigenvalue weighted by atomic mass is 10.0. The zero-order chi connectivity index (χ0) is 28.4. The standard InChI is InChI=1S/C30H35N3O6/c1-5-22(3)31-30(35)27(17-23-11-7-6-8-12-23)32(19-24-13-9-10-21(2)16-24)29(34)20-39-25-14-15-26(33(36)37)28(18-25)38-4/h6-16,18,22,27H,5,17,19-20H2,1-4H3,(H,31,35)/t22-,27+/m1/s1. The predicted octanol–water partition coefficient (Wildman–Crippen LogP) is 4.85. The maximum Gasteiger partial charge on any atom is 0.311 e. The van der Waals surface area contributed by atoms with Gasteiger partial charge in [0, 0.05) is 31.1 Å². The number of hydrogen-bond acceptors (Lipinski definition) is 6. The van der Waals surface area contributed by atoms with Crippen molar-refractivity contribution in [2.24, 2.45) is 0 Å². The van der Waals surface area contributed by atoms with E-state index in [0.29, 0.717) is 6.42 Å². The first-order valence-electron chi connectivity index (χ1n) is 12.9. The number of benzene rings is 3. The number of nitro benzene ring substituents is 1. The first-order chi connectivity index (χ1) is 18.7. The van der Waals surface area contributed by atoms with Crippen LogP contribution in [-0.4, -0.2) is 47.4 Å². The molecule has 3 aromatic carbocycles. The Balaban J connectivity index is 1.92. The SMILES string of the molecule is CC[C@@H](C)NC(=O)[C@H](Cc1ccccc1)N(Cc1cccc(C)c1)C(=O)COc1ccc([N+](=O)[O-])c(OC)c1. The highest BCUT2D eigenvalue weighted by Crippen LogP contribution is 2.30. The molecule has 0 aliphatic heterocycles. The molecule has 0 saturated carbocycles. The monoisotopic (exact) mass is 533 g/mol. The average Bonchev–Trinajstić information content (AvgIpc) is 2.93. The molecular formula is C30H35N3O6. The second-order valence-electron chi connectivity index (χ2n) is 9.41. The molecule has 206 valence electrons. The second kappa shape index (κ2) is 13.9. The average molecular weight is 534 g/mol. The lowest BCUT2D eigenvalue weighted by Gasteiger charge is -2.32. The van der Waals surface area contributed by atoms with Gasteiger partial charge in [0.25, 0.3) is 5.91 Å². The predicted molar refractivity (Wildman–Crippen MR) is 149 cm³/mol. The van der Waals surface area contributed by atoms with Crippen molar-refractivity contribution in [3.63, 3.8) is 0 Å². The van der Waals surface area contributed by atoms with Gasteiger partial charge in [-0.25, -0.2) is 0 Å². The molecule has 0 fully saturated rings. The van der Waals surface area contributed by atoms with Crippen molar-refractivity contribution in [3.8, 4) is 11.5 Å². The van der Waals surface area contributed by atoms with Crippen molar-refractivity contribution in [1.29, 1.82) is 0 Å². The number of ether oxygens (including phenoxy) is 2. The number of aryl methyl sites for hydroxylation is 1. The van der Waals surface area contributed by atoms with Gasteiger partial charge in [-0.2, -0.15) is 0 Å². The van der Waals surface area contributed by atoms with Gasteiger partial charge in [0.15, 0.2) is 6.61 Å². The van der Waals surface area contributed by atoms with E-state index < -0.39 is 16.9 Å². The van der Waals surface area contributed by atoms with E-state index in [4.69, 9.17) is 9.47 Å². The molecule has 9 heteroatoms. The summed E-state index contributed by atoms with van der Waals surface area (Å²) in [7, 11) is 1.32. The summed E-state index contributed by atoms with van der Waals surface area (Å²) in [5.41, 5.74) is 2.64. The molecule has 9 nitrogen and oxygen atoms in total. The molecule has 0 radical (unpaired) electrons. The molecule has 0 bridgehead atoms. The minimum Gasteiger partial charge on any atom is -0.490 e. The van der Waals surface area contributed by atoms with E-state index in [0.717, 1.165) is 23.1 Å². The van der Waals surface area contributed by atoms with Gasteiger partial charge in [-0.1, -0.05) is 67.1 Å². The normalized spacial score (nSPS) is 12.2. The molecule has 0 spiro atoms. The van der Waals surface area contributed by atoms with Crippen molar-refractivity contribution in [1.82, 2.24) is 10.2 Å². The Labute approximate surface area is 228 Å². The smallest absolute Gasteiger partial charge is 0.311 e. The van der Waals surface area contributed by atoms with Crippen LogP contribution in [0.4, 0.5) is 5.69 Å².